The van der Waals surface area contributed by atoms with Gasteiger partial charge in [-0.3, -0.25) is 0 Å². The molecule has 170 valence electrons. The van der Waals surface area contributed by atoms with Crippen LogP contribution in [0.1, 0.15) is 67.2 Å². The van der Waals surface area contributed by atoms with Crippen molar-refractivity contribution in [3.8, 4) is 12.1 Å². The van der Waals surface area contributed by atoms with E-state index in [9.17, 15) is 10.5 Å². The van der Waals surface area contributed by atoms with Crippen molar-refractivity contribution < 1.29 is 0 Å². The van der Waals surface area contributed by atoms with Gasteiger partial charge in [-0.2, -0.15) is 10.5 Å². The summed E-state index contributed by atoms with van der Waals surface area (Å²) in [6.07, 6.45) is 3.98. The molecule has 8 unspecified atom stereocenters. The molecule has 4 fully saturated rings. The summed E-state index contributed by atoms with van der Waals surface area (Å²) < 4.78 is 0. The van der Waals surface area contributed by atoms with Gasteiger partial charge in [0.2, 0.25) is 12.1 Å². The van der Waals surface area contributed by atoms with E-state index >= 15 is 0 Å². The SMILES string of the molecule is [C-]#[N+]C1C(C#N)C2CC(C(C)(C)C)CC3C(C#N)C([N+]#[C-])C4CC(C(C)(C)C)CC1C4C23. The predicted octanol–water partition coefficient (Wildman–Crippen LogP) is 6.48. The van der Waals surface area contributed by atoms with Crippen molar-refractivity contribution in [2.45, 2.75) is 79.3 Å². The van der Waals surface area contributed by atoms with Crippen molar-refractivity contribution in [3.05, 3.63) is 22.8 Å². The third-order valence-corrected chi connectivity index (χ3v) is 10.2. The molecule has 8 atom stereocenters. The molecule has 0 radical (unpaired) electrons. The van der Waals surface area contributed by atoms with Crippen LogP contribution in [0, 0.1) is 106 Å². The summed E-state index contributed by atoms with van der Waals surface area (Å²) in [6.45, 7) is 29.9. The Balaban J connectivity index is 1.87. The number of nitrogens with zero attached hydrogens (tertiary/aromatic N) is 4. The molecular formula is C28H38N4. The minimum Gasteiger partial charge on any atom is -0.312 e. The summed E-state index contributed by atoms with van der Waals surface area (Å²) in [5.74, 6) is 1.81. The molecule has 4 aliphatic rings. The highest BCUT2D eigenvalue weighted by molar-refractivity contribution is 5.23. The third kappa shape index (κ3) is 3.34. The number of rotatable bonds is 0. The van der Waals surface area contributed by atoms with Gasteiger partial charge < -0.3 is 9.69 Å². The van der Waals surface area contributed by atoms with Gasteiger partial charge in [0.1, 0.15) is 11.8 Å². The molecule has 0 aromatic carbocycles. The summed E-state index contributed by atoms with van der Waals surface area (Å²) in [4.78, 5) is 8.28. The molecular weight excluding hydrogens is 392 g/mol. The quantitative estimate of drug-likeness (QED) is 0.413. The molecule has 0 bridgehead atoms. The maximum atomic E-state index is 10.3. The third-order valence-electron chi connectivity index (χ3n) is 10.2. The Morgan fingerprint density at radius 3 is 1.22 bits per heavy atom. The number of hydrogen-bond acceptors (Lipinski definition) is 2. The summed E-state index contributed by atoms with van der Waals surface area (Å²) in [6, 6.07) is 4.72. The van der Waals surface area contributed by atoms with E-state index in [1.807, 2.05) is 0 Å². The van der Waals surface area contributed by atoms with Gasteiger partial charge in [0.05, 0.1) is 12.1 Å². The van der Waals surface area contributed by atoms with E-state index in [2.05, 4.69) is 63.4 Å². The Morgan fingerprint density at radius 1 is 0.625 bits per heavy atom. The summed E-state index contributed by atoms with van der Waals surface area (Å²) >= 11 is 0. The predicted molar refractivity (Wildman–Crippen MR) is 124 cm³/mol. The zero-order valence-corrected chi connectivity index (χ0v) is 20.5. The first-order valence-corrected chi connectivity index (χ1v) is 12.5. The molecule has 32 heavy (non-hydrogen) atoms. The van der Waals surface area contributed by atoms with Crippen LogP contribution >= 0.6 is 0 Å². The van der Waals surface area contributed by atoms with Gasteiger partial charge >= 0.3 is 0 Å². The topological polar surface area (TPSA) is 56.3 Å². The lowest BCUT2D eigenvalue weighted by atomic mass is 9.39. The first-order valence-electron chi connectivity index (χ1n) is 12.5. The Kier molecular flexibility index (Phi) is 5.62. The standard InChI is InChI=1S/C28H38N4/c1-27(2,3)15-9-17-21(13-29)25(31-7)19-11-16(28(4,5)6)12-20-24(19)23(17)18(10-15)22(14-30)26(20)32-8/h15-26H,9-12H2,1-6H3. The average molecular weight is 431 g/mol. The molecule has 0 aromatic heterocycles. The minimum absolute atomic E-state index is 0.101. The van der Waals surface area contributed by atoms with Crippen molar-refractivity contribution in [2.24, 2.45) is 70.0 Å². The monoisotopic (exact) mass is 430 g/mol. The van der Waals surface area contributed by atoms with Gasteiger partial charge in [-0.15, -0.1) is 0 Å². The van der Waals surface area contributed by atoms with Gasteiger partial charge in [0.15, 0.2) is 0 Å². The van der Waals surface area contributed by atoms with Crippen LogP contribution in [0.3, 0.4) is 0 Å². The smallest absolute Gasteiger partial charge is 0.242 e. The van der Waals surface area contributed by atoms with Gasteiger partial charge in [-0.1, -0.05) is 41.5 Å². The number of hydrogen-bond donors (Lipinski definition) is 0. The zero-order valence-electron chi connectivity index (χ0n) is 20.5. The lowest BCUT2D eigenvalue weighted by Crippen LogP contribution is -2.64. The Hall–Kier alpha value is -2.04. The molecule has 4 heteroatoms. The molecule has 0 aromatic rings. The lowest BCUT2D eigenvalue weighted by molar-refractivity contribution is -0.147. The molecule has 0 amide bonds. The highest BCUT2D eigenvalue weighted by Crippen LogP contribution is 2.67. The van der Waals surface area contributed by atoms with Crippen LogP contribution in [-0.2, 0) is 0 Å². The second-order valence-corrected chi connectivity index (χ2v) is 13.4. The first-order chi connectivity index (χ1) is 15.0. The minimum atomic E-state index is -0.261. The fourth-order valence-electron chi connectivity index (χ4n) is 8.57. The van der Waals surface area contributed by atoms with E-state index in [4.69, 9.17) is 13.1 Å². The molecule has 0 N–H and O–H groups in total. The fourth-order valence-corrected chi connectivity index (χ4v) is 8.57. The molecule has 4 saturated carbocycles. The van der Waals surface area contributed by atoms with Crippen LogP contribution in [0.4, 0.5) is 0 Å². The van der Waals surface area contributed by atoms with Gasteiger partial charge in [0.25, 0.3) is 0 Å². The van der Waals surface area contributed by atoms with E-state index in [0.717, 1.165) is 25.7 Å². The Morgan fingerprint density at radius 2 is 0.938 bits per heavy atom. The molecule has 0 heterocycles. The summed E-state index contributed by atoms with van der Waals surface area (Å²) in [5, 5.41) is 20.6. The van der Waals surface area contributed by atoms with Crippen LogP contribution in [0.25, 0.3) is 9.69 Å². The maximum Gasteiger partial charge on any atom is 0.242 e. The van der Waals surface area contributed by atoms with Crippen LogP contribution in [0.5, 0.6) is 0 Å². The van der Waals surface area contributed by atoms with E-state index in [-0.39, 0.29) is 58.4 Å². The summed E-state index contributed by atoms with van der Waals surface area (Å²) in [7, 11) is 0. The largest absolute Gasteiger partial charge is 0.312 e. The van der Waals surface area contributed by atoms with Crippen LogP contribution in [0.15, 0.2) is 0 Å². The molecule has 4 rings (SSSR count). The molecule has 0 spiro atoms. The zero-order chi connectivity index (χ0) is 23.6. The van der Waals surface area contributed by atoms with E-state index in [1.165, 1.54) is 0 Å². The van der Waals surface area contributed by atoms with Crippen molar-refractivity contribution in [1.82, 2.24) is 0 Å². The molecule has 4 nitrogen and oxygen atoms in total. The summed E-state index contributed by atoms with van der Waals surface area (Å²) in [5.41, 5.74) is 0.204. The van der Waals surface area contributed by atoms with Gasteiger partial charge in [-0.25, -0.2) is 13.1 Å². The maximum absolute atomic E-state index is 10.3. The highest BCUT2D eigenvalue weighted by atomic mass is 14.9. The number of nitriles is 2. The van der Waals surface area contributed by atoms with E-state index < -0.39 is 0 Å². The second kappa shape index (κ2) is 7.78. The van der Waals surface area contributed by atoms with E-state index in [1.54, 1.807) is 0 Å². The van der Waals surface area contributed by atoms with Crippen molar-refractivity contribution >= 4 is 0 Å². The second-order valence-electron chi connectivity index (χ2n) is 13.4. The average Bonchev–Trinajstić information content (AvgIpc) is 2.73. The Labute approximate surface area is 195 Å². The Bertz CT molecular complexity index is 774. The molecule has 0 aliphatic heterocycles. The first kappa shape index (κ1) is 23.1. The fraction of sp³-hybridized carbons (Fsp3) is 0.857. The van der Waals surface area contributed by atoms with Crippen LogP contribution < -0.4 is 0 Å². The van der Waals surface area contributed by atoms with Gasteiger partial charge in [-0.05, 0) is 72.0 Å². The highest BCUT2D eigenvalue weighted by Gasteiger charge is 2.69. The normalized spacial score (nSPS) is 47.7. The van der Waals surface area contributed by atoms with Crippen molar-refractivity contribution in [3.63, 3.8) is 0 Å². The van der Waals surface area contributed by atoms with Crippen LogP contribution in [-0.4, -0.2) is 12.1 Å². The molecule has 4 aliphatic carbocycles. The molecule has 0 saturated heterocycles. The van der Waals surface area contributed by atoms with Crippen molar-refractivity contribution in [1.29, 1.82) is 10.5 Å². The lowest BCUT2D eigenvalue weighted by Gasteiger charge is -2.62. The van der Waals surface area contributed by atoms with Crippen molar-refractivity contribution in [2.75, 3.05) is 0 Å². The van der Waals surface area contributed by atoms with Gasteiger partial charge in [0, 0.05) is 11.8 Å². The van der Waals surface area contributed by atoms with E-state index in [0.29, 0.717) is 23.7 Å². The van der Waals surface area contributed by atoms with Crippen LogP contribution in [0.2, 0.25) is 0 Å².